The normalized spacial score (nSPS) is 13.8. The molecule has 0 radical (unpaired) electrons. The van der Waals surface area contributed by atoms with Crippen LogP contribution in [-0.2, 0) is 4.57 Å². The van der Waals surface area contributed by atoms with Crippen LogP contribution in [0.2, 0.25) is 0 Å². The van der Waals surface area contributed by atoms with Crippen molar-refractivity contribution in [3.8, 4) is 0 Å². The second-order valence-electron chi connectivity index (χ2n) is 5.62. The average molecular weight is 305 g/mol. The number of benzene rings is 1. The van der Waals surface area contributed by atoms with Crippen LogP contribution in [0.15, 0.2) is 36.7 Å². The summed E-state index contributed by atoms with van der Waals surface area (Å²) in [5.41, 5.74) is 3.79. The number of aromatic nitrogens is 1. The quantitative estimate of drug-likeness (QED) is 0.885. The van der Waals surface area contributed by atoms with Gasteiger partial charge in [-0.05, 0) is 31.9 Å². The Balaban J connectivity index is 2.54. The first-order chi connectivity index (χ1) is 9.73. The van der Waals surface area contributed by atoms with E-state index in [1.54, 1.807) is 12.4 Å². The Morgan fingerprint density at radius 1 is 1.05 bits per heavy atom. The molecule has 1 aromatic carbocycles. The molecule has 21 heavy (non-hydrogen) atoms. The molecule has 0 bridgehead atoms. The third-order valence-electron chi connectivity index (χ3n) is 3.55. The highest BCUT2D eigenvalue weighted by molar-refractivity contribution is 7.59. The van der Waals surface area contributed by atoms with E-state index >= 15 is 0 Å². The number of anilines is 1. The summed E-state index contributed by atoms with van der Waals surface area (Å²) in [5, 5.41) is 0.524. The molecular weight excluding hydrogens is 283 g/mol. The molecule has 1 N–H and O–H groups in total. The number of aryl methyl sites for hydroxylation is 3. The van der Waals surface area contributed by atoms with Crippen molar-refractivity contribution < 1.29 is 13.8 Å². The van der Waals surface area contributed by atoms with Crippen molar-refractivity contribution in [2.45, 2.75) is 20.8 Å². The molecule has 0 fully saturated rings. The van der Waals surface area contributed by atoms with E-state index in [0.717, 1.165) is 22.4 Å². The topological polar surface area (TPSA) is 44.4 Å². The van der Waals surface area contributed by atoms with Crippen LogP contribution < -0.4 is 14.5 Å². The van der Waals surface area contributed by atoms with Gasteiger partial charge in [-0.15, -0.1) is 4.34 Å². The minimum atomic E-state index is -3.64. The van der Waals surface area contributed by atoms with Crippen LogP contribution in [0, 0.1) is 20.8 Å². The van der Waals surface area contributed by atoms with Gasteiger partial charge in [-0.1, -0.05) is 17.7 Å². The van der Waals surface area contributed by atoms with Gasteiger partial charge in [0.2, 0.25) is 0 Å². The highest BCUT2D eigenvalue weighted by atomic mass is 31.2. The molecule has 1 atom stereocenters. The summed E-state index contributed by atoms with van der Waals surface area (Å²) in [7, 11) is 0.230. The molecule has 0 amide bonds. The van der Waals surface area contributed by atoms with Crippen LogP contribution in [0.1, 0.15) is 16.7 Å². The standard InChI is InChI=1S/C16H21N2O2P/c1-12-10-13(2)16(14(3)11-12)21(19,20)18-8-6-15(7-9-18)17(4)5/h6-11H,1-5H3/p+1. The summed E-state index contributed by atoms with van der Waals surface area (Å²) in [5.74, 6) is 0. The van der Waals surface area contributed by atoms with Gasteiger partial charge in [0.15, 0.2) is 12.4 Å². The van der Waals surface area contributed by atoms with E-state index in [4.69, 9.17) is 0 Å². The minimum Gasteiger partial charge on any atom is -0.377 e. The van der Waals surface area contributed by atoms with Gasteiger partial charge >= 0.3 is 7.52 Å². The first kappa shape index (κ1) is 15.7. The van der Waals surface area contributed by atoms with Gasteiger partial charge in [-0.2, -0.15) is 0 Å². The average Bonchev–Trinajstić information content (AvgIpc) is 2.37. The van der Waals surface area contributed by atoms with Crippen LogP contribution in [-0.4, -0.2) is 19.0 Å². The zero-order chi connectivity index (χ0) is 15.8. The Morgan fingerprint density at radius 3 is 1.95 bits per heavy atom. The molecule has 2 aromatic rings. The zero-order valence-corrected chi connectivity index (χ0v) is 14.1. The smallest absolute Gasteiger partial charge is 0.377 e. The lowest BCUT2D eigenvalue weighted by molar-refractivity contribution is -0.526. The number of rotatable bonds is 3. The predicted octanol–water partition coefficient (Wildman–Crippen LogP) is 2.32. The zero-order valence-electron chi connectivity index (χ0n) is 13.2. The fraction of sp³-hybridized carbons (Fsp3) is 0.312. The van der Waals surface area contributed by atoms with E-state index in [0.29, 0.717) is 5.30 Å². The first-order valence-electron chi connectivity index (χ1n) is 6.84. The highest BCUT2D eigenvalue weighted by Gasteiger charge is 2.36. The van der Waals surface area contributed by atoms with E-state index in [1.807, 2.05) is 64.0 Å². The molecule has 0 aliphatic carbocycles. The van der Waals surface area contributed by atoms with Gasteiger partial charge in [0.25, 0.3) is 0 Å². The number of hydrogen-bond acceptors (Lipinski definition) is 2. The summed E-state index contributed by atoms with van der Waals surface area (Å²) < 4.78 is 14.4. The van der Waals surface area contributed by atoms with E-state index in [-0.39, 0.29) is 0 Å². The van der Waals surface area contributed by atoms with Crippen molar-refractivity contribution in [3.05, 3.63) is 53.3 Å². The first-order valence-corrected chi connectivity index (χ1v) is 8.45. The molecule has 0 spiro atoms. The van der Waals surface area contributed by atoms with Gasteiger partial charge in [0.05, 0.1) is 0 Å². The number of nitrogens with zero attached hydrogens (tertiary/aromatic N) is 2. The third kappa shape index (κ3) is 3.02. The SMILES string of the molecule is Cc1cc(C)c(P(=O)(O)[n+]2ccc(N(C)C)cc2)c(C)c1. The summed E-state index contributed by atoms with van der Waals surface area (Å²) in [6, 6.07) is 7.56. The monoisotopic (exact) mass is 305 g/mol. The predicted molar refractivity (Wildman–Crippen MR) is 86.5 cm³/mol. The van der Waals surface area contributed by atoms with Crippen molar-refractivity contribution in [1.82, 2.24) is 0 Å². The molecule has 112 valence electrons. The van der Waals surface area contributed by atoms with Crippen LogP contribution in [0.25, 0.3) is 0 Å². The Kier molecular flexibility index (Phi) is 4.22. The third-order valence-corrected chi connectivity index (χ3v) is 5.73. The minimum absolute atomic E-state index is 0.524. The maximum atomic E-state index is 13.0. The number of hydrogen-bond donors (Lipinski definition) is 1. The molecule has 0 saturated heterocycles. The van der Waals surface area contributed by atoms with Crippen LogP contribution in [0.5, 0.6) is 0 Å². The molecule has 5 heteroatoms. The Labute approximate surface area is 126 Å². The van der Waals surface area contributed by atoms with Crippen molar-refractivity contribution in [2.75, 3.05) is 19.0 Å². The lowest BCUT2D eigenvalue weighted by Crippen LogP contribution is -2.37. The molecule has 1 unspecified atom stereocenters. The van der Waals surface area contributed by atoms with E-state index in [9.17, 15) is 9.46 Å². The maximum Gasteiger partial charge on any atom is 0.487 e. The summed E-state index contributed by atoms with van der Waals surface area (Å²) in [6.45, 7) is 5.75. The fourth-order valence-corrected chi connectivity index (χ4v) is 4.41. The fourth-order valence-electron chi connectivity index (χ4n) is 2.64. The van der Waals surface area contributed by atoms with Crippen molar-refractivity contribution in [2.24, 2.45) is 0 Å². The van der Waals surface area contributed by atoms with Gasteiger partial charge in [-0.25, -0.2) is 4.57 Å². The van der Waals surface area contributed by atoms with E-state index in [1.165, 1.54) is 4.34 Å². The Bertz CT molecular complexity index is 686. The van der Waals surface area contributed by atoms with Gasteiger partial charge in [0.1, 0.15) is 5.30 Å². The lowest BCUT2D eigenvalue weighted by atomic mass is 10.1. The van der Waals surface area contributed by atoms with Crippen LogP contribution in [0.4, 0.5) is 5.69 Å². The van der Waals surface area contributed by atoms with E-state index < -0.39 is 7.52 Å². The second kappa shape index (κ2) is 5.63. The van der Waals surface area contributed by atoms with Gasteiger partial charge < -0.3 is 4.90 Å². The van der Waals surface area contributed by atoms with Crippen molar-refractivity contribution in [1.29, 1.82) is 0 Å². The molecule has 1 heterocycles. The molecule has 0 saturated carbocycles. The van der Waals surface area contributed by atoms with Gasteiger partial charge in [0, 0.05) is 31.9 Å². The van der Waals surface area contributed by atoms with Crippen molar-refractivity contribution >= 4 is 18.5 Å². The van der Waals surface area contributed by atoms with Crippen LogP contribution in [0.3, 0.4) is 0 Å². The Hall–Kier alpha value is -1.64. The van der Waals surface area contributed by atoms with E-state index in [2.05, 4.69) is 0 Å². The maximum absolute atomic E-state index is 13.0. The molecule has 0 aliphatic rings. The molecule has 1 aromatic heterocycles. The molecule has 0 aliphatic heterocycles. The largest absolute Gasteiger partial charge is 0.487 e. The summed E-state index contributed by atoms with van der Waals surface area (Å²) in [4.78, 5) is 12.6. The Morgan fingerprint density at radius 2 is 1.52 bits per heavy atom. The lowest BCUT2D eigenvalue weighted by Gasteiger charge is -2.14. The summed E-state index contributed by atoms with van der Waals surface area (Å²) in [6.07, 6.45) is 3.32. The van der Waals surface area contributed by atoms with Crippen molar-refractivity contribution in [3.63, 3.8) is 0 Å². The molecule has 2 rings (SSSR count). The van der Waals surface area contributed by atoms with Crippen LogP contribution >= 0.6 is 7.52 Å². The number of pyridine rings is 1. The van der Waals surface area contributed by atoms with Gasteiger partial charge in [-0.3, -0.25) is 4.89 Å². The summed E-state index contributed by atoms with van der Waals surface area (Å²) >= 11 is 0. The second-order valence-corrected chi connectivity index (χ2v) is 7.62. The highest BCUT2D eigenvalue weighted by Crippen LogP contribution is 2.36. The molecule has 4 nitrogen and oxygen atoms in total. The molecular formula is C16H22N2O2P+.